The Kier molecular flexibility index (Phi) is 3.61. The van der Waals surface area contributed by atoms with E-state index in [0.29, 0.717) is 4.88 Å². The molecule has 0 atom stereocenters. The third-order valence-electron chi connectivity index (χ3n) is 3.93. The monoisotopic (exact) mass is 268 g/mol. The van der Waals surface area contributed by atoms with Crippen LogP contribution < -0.4 is 0 Å². The minimum absolute atomic E-state index is 0.699. The number of hydrogen-bond donors (Lipinski definition) is 0. The molecule has 0 saturated heterocycles. The van der Waals surface area contributed by atoms with Gasteiger partial charge in [0.1, 0.15) is 10.9 Å². The molecule has 1 aromatic carbocycles. The van der Waals surface area contributed by atoms with E-state index in [9.17, 15) is 0 Å². The van der Waals surface area contributed by atoms with Crippen molar-refractivity contribution in [1.82, 2.24) is 4.98 Å². The van der Waals surface area contributed by atoms with Gasteiger partial charge in [-0.1, -0.05) is 43.5 Å². The molecule has 0 N–H and O–H groups in total. The lowest BCUT2D eigenvalue weighted by molar-refractivity contribution is 0.443. The summed E-state index contributed by atoms with van der Waals surface area (Å²) in [5.41, 5.74) is 5.06. The predicted molar refractivity (Wildman–Crippen MR) is 78.1 cm³/mol. The van der Waals surface area contributed by atoms with Crippen molar-refractivity contribution in [2.45, 2.75) is 38.0 Å². The Labute approximate surface area is 117 Å². The molecule has 3 heteroatoms. The van der Waals surface area contributed by atoms with E-state index in [1.54, 1.807) is 5.51 Å². The third kappa shape index (κ3) is 2.54. The van der Waals surface area contributed by atoms with Gasteiger partial charge in [-0.3, -0.25) is 0 Å². The zero-order valence-electron chi connectivity index (χ0n) is 10.8. The first-order valence-electron chi connectivity index (χ1n) is 6.82. The lowest BCUT2D eigenvalue weighted by atomic mass is 9.84. The van der Waals surface area contributed by atoms with Crippen LogP contribution in [0, 0.1) is 11.3 Å². The van der Waals surface area contributed by atoms with Crippen LogP contribution in [0.2, 0.25) is 0 Å². The van der Waals surface area contributed by atoms with Crippen LogP contribution in [0.3, 0.4) is 0 Å². The quantitative estimate of drug-likeness (QED) is 0.789. The first-order chi connectivity index (χ1) is 9.38. The van der Waals surface area contributed by atoms with Crippen molar-refractivity contribution >= 4 is 11.3 Å². The molecule has 1 aliphatic carbocycles. The molecule has 96 valence electrons. The molecule has 1 aliphatic rings. The molecule has 3 rings (SSSR count). The Bertz CT molecular complexity index is 586. The predicted octanol–water partition coefficient (Wildman–Crippen LogP) is 4.73. The molecule has 19 heavy (non-hydrogen) atoms. The maximum Gasteiger partial charge on any atom is 0.132 e. The minimum Gasteiger partial charge on any atom is -0.243 e. The van der Waals surface area contributed by atoms with Crippen LogP contribution >= 0.6 is 11.3 Å². The number of benzene rings is 1. The van der Waals surface area contributed by atoms with E-state index in [2.05, 4.69) is 35.3 Å². The smallest absolute Gasteiger partial charge is 0.132 e. The van der Waals surface area contributed by atoms with E-state index in [-0.39, 0.29) is 0 Å². The number of hydrogen-bond acceptors (Lipinski definition) is 3. The van der Waals surface area contributed by atoms with Gasteiger partial charge in [0, 0.05) is 5.56 Å². The molecular formula is C16H16N2S. The fraction of sp³-hybridized carbons (Fsp3) is 0.375. The average Bonchev–Trinajstić information content (AvgIpc) is 2.97. The molecule has 2 nitrogen and oxygen atoms in total. The second-order valence-electron chi connectivity index (χ2n) is 5.10. The van der Waals surface area contributed by atoms with Crippen molar-refractivity contribution in [2.24, 2.45) is 0 Å². The van der Waals surface area contributed by atoms with Crippen molar-refractivity contribution in [1.29, 1.82) is 5.26 Å². The highest BCUT2D eigenvalue weighted by Gasteiger charge is 2.16. The Balaban J connectivity index is 1.85. The van der Waals surface area contributed by atoms with Gasteiger partial charge >= 0.3 is 0 Å². The largest absolute Gasteiger partial charge is 0.243 e. The van der Waals surface area contributed by atoms with Crippen LogP contribution in [0.4, 0.5) is 0 Å². The highest BCUT2D eigenvalue weighted by molar-refractivity contribution is 7.10. The first kappa shape index (κ1) is 12.4. The molecule has 1 heterocycles. The van der Waals surface area contributed by atoms with Crippen LogP contribution in [0.15, 0.2) is 29.8 Å². The summed E-state index contributed by atoms with van der Waals surface area (Å²) in [4.78, 5) is 4.99. The Hall–Kier alpha value is -1.66. The van der Waals surface area contributed by atoms with Gasteiger partial charge in [0.15, 0.2) is 0 Å². The van der Waals surface area contributed by atoms with Crippen molar-refractivity contribution in [3.8, 4) is 17.3 Å². The molecular weight excluding hydrogens is 252 g/mol. The molecule has 1 aromatic heterocycles. The van der Waals surface area contributed by atoms with Crippen molar-refractivity contribution in [3.05, 3.63) is 40.2 Å². The molecule has 0 amide bonds. The number of nitrogens with zero attached hydrogens (tertiary/aromatic N) is 2. The van der Waals surface area contributed by atoms with Crippen LogP contribution in [0.1, 0.15) is 48.5 Å². The average molecular weight is 268 g/mol. The summed E-state index contributed by atoms with van der Waals surface area (Å²) in [6.07, 6.45) is 6.74. The number of aromatic nitrogens is 1. The summed E-state index contributed by atoms with van der Waals surface area (Å²) in [6, 6.07) is 10.9. The van der Waals surface area contributed by atoms with Gasteiger partial charge in [0.05, 0.1) is 11.2 Å². The van der Waals surface area contributed by atoms with Gasteiger partial charge in [-0.15, -0.1) is 11.3 Å². The molecule has 0 radical (unpaired) electrons. The lowest BCUT2D eigenvalue weighted by Gasteiger charge is -2.22. The summed E-state index contributed by atoms with van der Waals surface area (Å²) < 4.78 is 0. The van der Waals surface area contributed by atoms with E-state index in [0.717, 1.165) is 17.2 Å². The number of rotatable bonds is 2. The summed E-state index contributed by atoms with van der Waals surface area (Å²) in [5.74, 6) is 0.730. The Morgan fingerprint density at radius 3 is 2.53 bits per heavy atom. The van der Waals surface area contributed by atoms with Crippen molar-refractivity contribution in [2.75, 3.05) is 0 Å². The molecule has 1 saturated carbocycles. The summed E-state index contributed by atoms with van der Waals surface area (Å²) in [6.45, 7) is 0. The van der Waals surface area contributed by atoms with Gasteiger partial charge in [-0.25, -0.2) is 4.98 Å². The second-order valence-corrected chi connectivity index (χ2v) is 5.95. The zero-order chi connectivity index (χ0) is 13.1. The highest BCUT2D eigenvalue weighted by Crippen LogP contribution is 2.34. The maximum absolute atomic E-state index is 9.05. The topological polar surface area (TPSA) is 36.7 Å². The Morgan fingerprint density at radius 2 is 1.84 bits per heavy atom. The van der Waals surface area contributed by atoms with E-state index < -0.39 is 0 Å². The van der Waals surface area contributed by atoms with Crippen LogP contribution in [0.5, 0.6) is 0 Å². The van der Waals surface area contributed by atoms with Crippen molar-refractivity contribution < 1.29 is 0 Å². The standard InChI is InChI=1S/C16H16N2S/c17-10-15-16(18-11-19-15)14-8-6-13(7-9-14)12-4-2-1-3-5-12/h6-9,11-12H,1-5H2. The molecule has 0 aliphatic heterocycles. The number of thiazole rings is 1. The third-order valence-corrected chi connectivity index (χ3v) is 4.66. The normalized spacial score (nSPS) is 16.2. The maximum atomic E-state index is 9.05. The molecule has 0 spiro atoms. The van der Waals surface area contributed by atoms with Gasteiger partial charge in [-0.05, 0) is 24.3 Å². The van der Waals surface area contributed by atoms with Gasteiger partial charge in [0.2, 0.25) is 0 Å². The molecule has 0 bridgehead atoms. The lowest BCUT2D eigenvalue weighted by Crippen LogP contribution is -2.04. The SMILES string of the molecule is N#Cc1scnc1-c1ccc(C2CCCCC2)cc1. The van der Waals surface area contributed by atoms with Crippen molar-refractivity contribution in [3.63, 3.8) is 0 Å². The Morgan fingerprint density at radius 1 is 1.11 bits per heavy atom. The first-order valence-corrected chi connectivity index (χ1v) is 7.70. The van der Waals surface area contributed by atoms with Crippen LogP contribution in [-0.2, 0) is 0 Å². The summed E-state index contributed by atoms with van der Waals surface area (Å²) >= 11 is 1.40. The van der Waals surface area contributed by atoms with E-state index in [4.69, 9.17) is 5.26 Å². The summed E-state index contributed by atoms with van der Waals surface area (Å²) in [5, 5.41) is 9.05. The van der Waals surface area contributed by atoms with Gasteiger partial charge < -0.3 is 0 Å². The van der Waals surface area contributed by atoms with Gasteiger partial charge in [0.25, 0.3) is 0 Å². The molecule has 1 fully saturated rings. The fourth-order valence-electron chi connectivity index (χ4n) is 2.88. The fourth-order valence-corrected chi connectivity index (χ4v) is 3.48. The molecule has 0 unspecified atom stereocenters. The van der Waals surface area contributed by atoms with Crippen LogP contribution in [0.25, 0.3) is 11.3 Å². The molecule has 2 aromatic rings. The zero-order valence-corrected chi connectivity index (χ0v) is 11.6. The minimum atomic E-state index is 0.699. The highest BCUT2D eigenvalue weighted by atomic mass is 32.1. The van der Waals surface area contributed by atoms with Gasteiger partial charge in [-0.2, -0.15) is 5.26 Å². The van der Waals surface area contributed by atoms with E-state index in [1.807, 2.05) is 0 Å². The van der Waals surface area contributed by atoms with Crippen LogP contribution in [-0.4, -0.2) is 4.98 Å². The summed E-state index contributed by atoms with van der Waals surface area (Å²) in [7, 11) is 0. The second kappa shape index (κ2) is 5.54. The van der Waals surface area contributed by atoms with E-state index >= 15 is 0 Å². The van der Waals surface area contributed by atoms with E-state index in [1.165, 1.54) is 49.0 Å². The number of nitriles is 1.